The molecule has 1 aliphatic carbocycles. The van der Waals surface area contributed by atoms with Crippen LogP contribution in [0.2, 0.25) is 0 Å². The highest BCUT2D eigenvalue weighted by atomic mass is 16.5. The average Bonchev–Trinajstić information content (AvgIpc) is 3.53. The van der Waals surface area contributed by atoms with Gasteiger partial charge in [-0.15, -0.1) is 0 Å². The van der Waals surface area contributed by atoms with Gasteiger partial charge < -0.3 is 10.1 Å². The van der Waals surface area contributed by atoms with Crippen molar-refractivity contribution in [3.63, 3.8) is 0 Å². The highest BCUT2D eigenvalue weighted by molar-refractivity contribution is 6.03. The molecule has 7 nitrogen and oxygen atoms in total. The molecule has 1 atom stereocenters. The van der Waals surface area contributed by atoms with Gasteiger partial charge in [-0.25, -0.2) is 4.79 Å². The van der Waals surface area contributed by atoms with Gasteiger partial charge in [0.2, 0.25) is 0 Å². The Hall–Kier alpha value is -3.48. The van der Waals surface area contributed by atoms with E-state index in [0.29, 0.717) is 16.5 Å². The SMILES string of the molecule is C[C@@H](OC(=O)c1nn(-c2ccccc2)c(=O)c2ccccc12)C(=O)NC1CC1. The number of aromatic nitrogens is 2. The van der Waals surface area contributed by atoms with E-state index in [2.05, 4.69) is 10.4 Å². The van der Waals surface area contributed by atoms with Gasteiger partial charge in [-0.05, 0) is 38.0 Å². The molecule has 1 heterocycles. The Morgan fingerprint density at radius 3 is 2.39 bits per heavy atom. The molecule has 1 amide bonds. The van der Waals surface area contributed by atoms with Gasteiger partial charge >= 0.3 is 5.97 Å². The number of esters is 1. The zero-order chi connectivity index (χ0) is 19.7. The van der Waals surface area contributed by atoms with Crippen molar-refractivity contribution in [2.75, 3.05) is 0 Å². The molecule has 0 bridgehead atoms. The maximum absolute atomic E-state index is 12.8. The fourth-order valence-electron chi connectivity index (χ4n) is 2.90. The molecule has 0 unspecified atom stereocenters. The highest BCUT2D eigenvalue weighted by Crippen LogP contribution is 2.20. The first-order valence-electron chi connectivity index (χ1n) is 9.13. The van der Waals surface area contributed by atoms with Crippen molar-refractivity contribution in [1.82, 2.24) is 15.1 Å². The van der Waals surface area contributed by atoms with Crippen LogP contribution in [0.5, 0.6) is 0 Å². The summed E-state index contributed by atoms with van der Waals surface area (Å²) >= 11 is 0. The lowest BCUT2D eigenvalue weighted by Crippen LogP contribution is -2.37. The number of hydrogen-bond acceptors (Lipinski definition) is 5. The second-order valence-electron chi connectivity index (χ2n) is 6.78. The van der Waals surface area contributed by atoms with Crippen LogP contribution in [0.15, 0.2) is 59.4 Å². The lowest BCUT2D eigenvalue weighted by Gasteiger charge is -2.14. The summed E-state index contributed by atoms with van der Waals surface area (Å²) in [5, 5.41) is 7.80. The number of rotatable bonds is 5. The number of fused-ring (bicyclic) bond motifs is 1. The third kappa shape index (κ3) is 3.51. The standard InChI is InChI=1S/C21H19N3O4/c1-13(19(25)22-14-11-12-14)28-21(27)18-16-9-5-6-10-17(16)20(26)24(23-18)15-7-3-2-4-8-15/h2-10,13-14H,11-12H2,1H3,(H,22,25)/t13-/m1/s1. The Balaban J connectivity index is 1.73. The van der Waals surface area contributed by atoms with Gasteiger partial charge in [0.15, 0.2) is 11.8 Å². The van der Waals surface area contributed by atoms with E-state index in [1.54, 1.807) is 48.5 Å². The molecule has 1 fully saturated rings. The smallest absolute Gasteiger partial charge is 0.360 e. The monoisotopic (exact) mass is 377 g/mol. The first-order chi connectivity index (χ1) is 13.5. The number of nitrogens with zero attached hydrogens (tertiary/aromatic N) is 2. The Bertz CT molecular complexity index is 1100. The minimum absolute atomic E-state index is 0.00914. The van der Waals surface area contributed by atoms with Crippen molar-refractivity contribution < 1.29 is 14.3 Å². The number of para-hydroxylation sites is 1. The van der Waals surface area contributed by atoms with Crippen LogP contribution in [0.4, 0.5) is 0 Å². The van der Waals surface area contributed by atoms with Gasteiger partial charge in [-0.1, -0.05) is 36.4 Å². The third-order valence-corrected chi connectivity index (χ3v) is 4.58. The Morgan fingerprint density at radius 2 is 1.71 bits per heavy atom. The summed E-state index contributed by atoms with van der Waals surface area (Å²) in [5.74, 6) is -1.09. The number of nitrogens with one attached hydrogen (secondary N) is 1. The van der Waals surface area contributed by atoms with E-state index in [4.69, 9.17) is 4.74 Å². The number of amides is 1. The second kappa shape index (κ2) is 7.26. The normalized spacial score (nSPS) is 14.5. The molecule has 0 radical (unpaired) electrons. The number of carbonyl (C=O) groups is 2. The summed E-state index contributed by atoms with van der Waals surface area (Å²) < 4.78 is 6.51. The van der Waals surface area contributed by atoms with E-state index in [1.165, 1.54) is 11.6 Å². The predicted octanol–water partition coefficient (Wildman–Crippen LogP) is 2.21. The van der Waals surface area contributed by atoms with E-state index in [0.717, 1.165) is 12.8 Å². The van der Waals surface area contributed by atoms with Gasteiger partial charge in [0.05, 0.1) is 11.1 Å². The van der Waals surface area contributed by atoms with Gasteiger partial charge in [-0.3, -0.25) is 9.59 Å². The van der Waals surface area contributed by atoms with Crippen LogP contribution < -0.4 is 10.9 Å². The van der Waals surface area contributed by atoms with Crippen molar-refractivity contribution in [1.29, 1.82) is 0 Å². The number of benzene rings is 2. The van der Waals surface area contributed by atoms with Crippen LogP contribution >= 0.6 is 0 Å². The van der Waals surface area contributed by atoms with Gasteiger partial charge in [0.25, 0.3) is 11.5 Å². The molecule has 1 N–H and O–H groups in total. The van der Waals surface area contributed by atoms with Gasteiger partial charge in [0, 0.05) is 11.4 Å². The molecular formula is C21H19N3O4. The van der Waals surface area contributed by atoms with Crippen LogP contribution in [0.25, 0.3) is 16.5 Å². The van der Waals surface area contributed by atoms with Crippen LogP contribution in [0.3, 0.4) is 0 Å². The van der Waals surface area contributed by atoms with Crippen molar-refractivity contribution in [3.8, 4) is 5.69 Å². The Kier molecular flexibility index (Phi) is 4.65. The van der Waals surface area contributed by atoms with E-state index >= 15 is 0 Å². The van der Waals surface area contributed by atoms with Crippen LogP contribution in [-0.2, 0) is 9.53 Å². The number of ether oxygens (including phenoxy) is 1. The molecule has 142 valence electrons. The van der Waals surface area contributed by atoms with Crippen LogP contribution in [0, 0.1) is 0 Å². The zero-order valence-corrected chi connectivity index (χ0v) is 15.3. The first-order valence-corrected chi connectivity index (χ1v) is 9.13. The zero-order valence-electron chi connectivity index (χ0n) is 15.3. The van der Waals surface area contributed by atoms with E-state index in [-0.39, 0.29) is 23.2 Å². The maximum atomic E-state index is 12.8. The Morgan fingerprint density at radius 1 is 1.07 bits per heavy atom. The summed E-state index contributed by atoms with van der Waals surface area (Å²) in [6, 6.07) is 15.7. The molecule has 1 aliphatic rings. The molecule has 0 aliphatic heterocycles. The minimum atomic E-state index is -0.953. The molecule has 1 aromatic heterocycles. The molecule has 4 rings (SSSR count). The summed E-state index contributed by atoms with van der Waals surface area (Å²) in [7, 11) is 0. The first kappa shape index (κ1) is 17.9. The van der Waals surface area contributed by atoms with Crippen LogP contribution in [-0.4, -0.2) is 33.8 Å². The van der Waals surface area contributed by atoms with Gasteiger partial charge in [-0.2, -0.15) is 9.78 Å². The molecule has 1 saturated carbocycles. The van der Waals surface area contributed by atoms with E-state index < -0.39 is 12.1 Å². The topological polar surface area (TPSA) is 90.3 Å². The van der Waals surface area contributed by atoms with Crippen molar-refractivity contribution in [2.24, 2.45) is 0 Å². The summed E-state index contributed by atoms with van der Waals surface area (Å²) in [5.41, 5.74) is 0.190. The average molecular weight is 377 g/mol. The molecule has 28 heavy (non-hydrogen) atoms. The molecular weight excluding hydrogens is 358 g/mol. The lowest BCUT2D eigenvalue weighted by atomic mass is 10.1. The minimum Gasteiger partial charge on any atom is -0.448 e. The quantitative estimate of drug-likeness (QED) is 0.689. The predicted molar refractivity (Wildman–Crippen MR) is 103 cm³/mol. The fourth-order valence-corrected chi connectivity index (χ4v) is 2.90. The molecule has 3 aromatic rings. The van der Waals surface area contributed by atoms with Crippen molar-refractivity contribution in [3.05, 3.63) is 70.6 Å². The van der Waals surface area contributed by atoms with Crippen molar-refractivity contribution >= 4 is 22.6 Å². The fraction of sp³-hybridized carbons (Fsp3) is 0.238. The summed E-state index contributed by atoms with van der Waals surface area (Å²) in [6.45, 7) is 1.52. The third-order valence-electron chi connectivity index (χ3n) is 4.58. The molecule has 0 spiro atoms. The second-order valence-corrected chi connectivity index (χ2v) is 6.78. The summed E-state index contributed by atoms with van der Waals surface area (Å²) in [4.78, 5) is 37.7. The van der Waals surface area contributed by atoms with Crippen LogP contribution in [0.1, 0.15) is 30.3 Å². The maximum Gasteiger partial charge on any atom is 0.360 e. The number of hydrogen-bond donors (Lipinski definition) is 1. The number of carbonyl (C=O) groups excluding carboxylic acids is 2. The highest BCUT2D eigenvalue weighted by Gasteiger charge is 2.28. The lowest BCUT2D eigenvalue weighted by molar-refractivity contribution is -0.129. The molecule has 7 heteroatoms. The summed E-state index contributed by atoms with van der Waals surface area (Å²) in [6.07, 6.45) is 0.937. The molecule has 2 aromatic carbocycles. The van der Waals surface area contributed by atoms with Crippen molar-refractivity contribution in [2.45, 2.75) is 31.9 Å². The largest absolute Gasteiger partial charge is 0.448 e. The van der Waals surface area contributed by atoms with Gasteiger partial charge in [0.1, 0.15) is 0 Å². The van der Waals surface area contributed by atoms with E-state index in [9.17, 15) is 14.4 Å². The Labute approximate surface area is 160 Å². The molecule has 0 saturated heterocycles. The van der Waals surface area contributed by atoms with E-state index in [1.807, 2.05) is 6.07 Å².